The fourth-order valence-corrected chi connectivity index (χ4v) is 3.79. The molecule has 1 atom stereocenters. The van der Waals surface area contributed by atoms with E-state index in [0.717, 1.165) is 43.0 Å². The lowest BCUT2D eigenvalue weighted by molar-refractivity contribution is -0.134. The van der Waals surface area contributed by atoms with Gasteiger partial charge in [0.2, 0.25) is 11.8 Å². The summed E-state index contributed by atoms with van der Waals surface area (Å²) in [5.41, 5.74) is 1.09. The first-order chi connectivity index (χ1) is 12.2. The minimum atomic E-state index is -0.0103. The molecular formula is C18H23N3O4. The van der Waals surface area contributed by atoms with Gasteiger partial charge in [-0.1, -0.05) is 6.07 Å². The van der Waals surface area contributed by atoms with Gasteiger partial charge in [0.15, 0.2) is 11.5 Å². The van der Waals surface area contributed by atoms with Gasteiger partial charge in [-0.2, -0.15) is 0 Å². The van der Waals surface area contributed by atoms with E-state index in [1.54, 1.807) is 0 Å². The van der Waals surface area contributed by atoms with Gasteiger partial charge in [-0.3, -0.25) is 14.5 Å². The number of rotatable bonds is 3. The first-order valence-corrected chi connectivity index (χ1v) is 8.89. The molecule has 3 heterocycles. The van der Waals surface area contributed by atoms with Crippen molar-refractivity contribution in [1.29, 1.82) is 0 Å². The lowest BCUT2D eigenvalue weighted by Crippen LogP contribution is -2.51. The van der Waals surface area contributed by atoms with Crippen LogP contribution in [-0.4, -0.2) is 67.6 Å². The van der Waals surface area contributed by atoms with E-state index in [0.29, 0.717) is 32.8 Å². The quantitative estimate of drug-likeness (QED) is 0.866. The second-order valence-electron chi connectivity index (χ2n) is 6.71. The lowest BCUT2D eigenvalue weighted by atomic mass is 10.0. The molecule has 7 nitrogen and oxygen atoms in total. The van der Waals surface area contributed by atoms with Gasteiger partial charge in [0.1, 0.15) is 13.2 Å². The zero-order valence-electron chi connectivity index (χ0n) is 14.2. The molecule has 4 rings (SSSR count). The molecule has 2 fully saturated rings. The Morgan fingerprint density at radius 1 is 1.20 bits per heavy atom. The number of likely N-dealkylation sites (tertiary alicyclic amines) is 1. The minimum absolute atomic E-state index is 0.0103. The average molecular weight is 345 g/mol. The molecule has 0 radical (unpaired) electrons. The van der Waals surface area contributed by atoms with Crippen molar-refractivity contribution in [3.63, 3.8) is 0 Å². The molecule has 1 N–H and O–H groups in total. The third-order valence-corrected chi connectivity index (χ3v) is 5.00. The number of fused-ring (bicyclic) bond motifs is 1. The van der Waals surface area contributed by atoms with Crippen LogP contribution < -0.4 is 14.8 Å². The predicted molar refractivity (Wildman–Crippen MR) is 90.6 cm³/mol. The summed E-state index contributed by atoms with van der Waals surface area (Å²) in [5, 5.41) is 2.79. The van der Waals surface area contributed by atoms with E-state index in [9.17, 15) is 9.59 Å². The summed E-state index contributed by atoms with van der Waals surface area (Å²) in [4.78, 5) is 28.1. The second kappa shape index (κ2) is 6.92. The summed E-state index contributed by atoms with van der Waals surface area (Å²) in [5.74, 6) is 1.61. The Hall–Kier alpha value is -2.28. The normalized spacial score (nSPS) is 23.4. The Morgan fingerprint density at radius 3 is 2.88 bits per heavy atom. The van der Waals surface area contributed by atoms with E-state index < -0.39 is 0 Å². The van der Waals surface area contributed by atoms with Crippen LogP contribution in [0.1, 0.15) is 24.4 Å². The van der Waals surface area contributed by atoms with Crippen LogP contribution in [0.2, 0.25) is 0 Å². The molecule has 1 aromatic carbocycles. The van der Waals surface area contributed by atoms with Crippen LogP contribution in [-0.2, 0) is 9.59 Å². The van der Waals surface area contributed by atoms with E-state index >= 15 is 0 Å². The molecule has 2 amide bonds. The largest absolute Gasteiger partial charge is 0.486 e. The molecule has 3 aliphatic heterocycles. The molecule has 0 aromatic heterocycles. The maximum atomic E-state index is 12.8. The number of nitrogens with one attached hydrogen (secondary N) is 1. The maximum absolute atomic E-state index is 12.8. The van der Waals surface area contributed by atoms with Crippen LogP contribution in [0.5, 0.6) is 11.5 Å². The van der Waals surface area contributed by atoms with Gasteiger partial charge in [0, 0.05) is 19.6 Å². The number of hydrogen-bond donors (Lipinski definition) is 1. The van der Waals surface area contributed by atoms with Crippen LogP contribution in [0.3, 0.4) is 0 Å². The molecule has 1 aromatic rings. The van der Waals surface area contributed by atoms with Crippen LogP contribution in [0.4, 0.5) is 0 Å². The van der Waals surface area contributed by atoms with Crippen molar-refractivity contribution < 1.29 is 19.1 Å². The summed E-state index contributed by atoms with van der Waals surface area (Å²) < 4.78 is 11.2. The molecule has 7 heteroatoms. The number of nitrogens with zero attached hydrogens (tertiary/aromatic N) is 2. The standard InChI is InChI=1S/C18H23N3O4/c22-17-11-20(7-5-19-17)12-18(23)21-6-1-2-14(21)13-3-4-15-16(10-13)25-9-8-24-15/h3-4,10,14H,1-2,5-9,11-12H2,(H,19,22)/t14-/m0/s1. The van der Waals surface area contributed by atoms with Crippen LogP contribution in [0, 0.1) is 0 Å². The Balaban J connectivity index is 1.46. The summed E-state index contributed by atoms with van der Waals surface area (Å²) in [6.07, 6.45) is 1.94. The molecule has 2 saturated heterocycles. The zero-order chi connectivity index (χ0) is 17.2. The van der Waals surface area contributed by atoms with E-state index in [1.165, 1.54) is 0 Å². The number of hydrogen-bond acceptors (Lipinski definition) is 5. The SMILES string of the molecule is O=C1CN(CC(=O)N2CCC[C@H]2c2ccc3c(c2)OCCO3)CCN1. The third-order valence-electron chi connectivity index (χ3n) is 5.00. The Morgan fingerprint density at radius 2 is 2.04 bits per heavy atom. The van der Waals surface area contributed by atoms with Crippen molar-refractivity contribution >= 4 is 11.8 Å². The average Bonchev–Trinajstić information content (AvgIpc) is 3.11. The Labute approximate surface area is 146 Å². The number of benzene rings is 1. The van der Waals surface area contributed by atoms with E-state index in [-0.39, 0.29) is 17.9 Å². The van der Waals surface area contributed by atoms with Crippen molar-refractivity contribution in [3.8, 4) is 11.5 Å². The monoisotopic (exact) mass is 345 g/mol. The molecule has 25 heavy (non-hydrogen) atoms. The molecule has 0 unspecified atom stereocenters. The van der Waals surface area contributed by atoms with Crippen molar-refractivity contribution in [2.45, 2.75) is 18.9 Å². The van der Waals surface area contributed by atoms with Gasteiger partial charge in [-0.15, -0.1) is 0 Å². The first-order valence-electron chi connectivity index (χ1n) is 8.89. The van der Waals surface area contributed by atoms with E-state index in [1.807, 2.05) is 28.0 Å². The molecule has 134 valence electrons. The van der Waals surface area contributed by atoms with Crippen molar-refractivity contribution in [2.24, 2.45) is 0 Å². The van der Waals surface area contributed by atoms with Crippen LogP contribution >= 0.6 is 0 Å². The molecule has 3 aliphatic rings. The van der Waals surface area contributed by atoms with Crippen molar-refractivity contribution in [1.82, 2.24) is 15.1 Å². The first kappa shape index (κ1) is 16.2. The smallest absolute Gasteiger partial charge is 0.237 e. The third kappa shape index (κ3) is 3.42. The highest BCUT2D eigenvalue weighted by Gasteiger charge is 2.32. The highest BCUT2D eigenvalue weighted by Crippen LogP contribution is 2.38. The maximum Gasteiger partial charge on any atom is 0.237 e. The number of piperazine rings is 1. The highest BCUT2D eigenvalue weighted by molar-refractivity contribution is 5.82. The van der Waals surface area contributed by atoms with Crippen molar-refractivity contribution in [2.75, 3.05) is 45.9 Å². The lowest BCUT2D eigenvalue weighted by Gasteiger charge is -2.31. The van der Waals surface area contributed by atoms with Gasteiger partial charge >= 0.3 is 0 Å². The summed E-state index contributed by atoms with van der Waals surface area (Å²) in [6.45, 7) is 3.82. The van der Waals surface area contributed by atoms with Crippen LogP contribution in [0.15, 0.2) is 18.2 Å². The highest BCUT2D eigenvalue weighted by atomic mass is 16.6. The van der Waals surface area contributed by atoms with Gasteiger partial charge in [-0.05, 0) is 30.5 Å². The second-order valence-corrected chi connectivity index (χ2v) is 6.71. The molecule has 0 spiro atoms. The minimum Gasteiger partial charge on any atom is -0.486 e. The summed E-state index contributed by atoms with van der Waals surface area (Å²) in [6, 6.07) is 6.03. The molecular weight excluding hydrogens is 322 g/mol. The predicted octanol–water partition coefficient (Wildman–Crippen LogP) is 0.553. The summed E-state index contributed by atoms with van der Waals surface area (Å²) >= 11 is 0. The van der Waals surface area contributed by atoms with E-state index in [2.05, 4.69) is 5.32 Å². The number of carbonyl (C=O) groups excluding carboxylic acids is 2. The van der Waals surface area contributed by atoms with Gasteiger partial charge in [-0.25, -0.2) is 0 Å². The van der Waals surface area contributed by atoms with Gasteiger partial charge in [0.05, 0.1) is 19.1 Å². The van der Waals surface area contributed by atoms with E-state index in [4.69, 9.17) is 9.47 Å². The van der Waals surface area contributed by atoms with Crippen LogP contribution in [0.25, 0.3) is 0 Å². The van der Waals surface area contributed by atoms with Crippen molar-refractivity contribution in [3.05, 3.63) is 23.8 Å². The number of carbonyl (C=O) groups is 2. The molecule has 0 saturated carbocycles. The fraction of sp³-hybridized carbons (Fsp3) is 0.556. The Kier molecular flexibility index (Phi) is 4.48. The molecule has 0 bridgehead atoms. The topological polar surface area (TPSA) is 71.1 Å². The Bertz CT molecular complexity index is 678. The number of ether oxygens (including phenoxy) is 2. The zero-order valence-corrected chi connectivity index (χ0v) is 14.2. The summed E-state index contributed by atoms with van der Waals surface area (Å²) in [7, 11) is 0. The number of amides is 2. The van der Waals surface area contributed by atoms with Gasteiger partial charge < -0.3 is 19.7 Å². The van der Waals surface area contributed by atoms with Gasteiger partial charge in [0.25, 0.3) is 0 Å². The molecule has 0 aliphatic carbocycles. The fourth-order valence-electron chi connectivity index (χ4n) is 3.79.